The van der Waals surface area contributed by atoms with Crippen molar-refractivity contribution in [2.24, 2.45) is 5.73 Å². The summed E-state index contributed by atoms with van der Waals surface area (Å²) in [6, 6.07) is 7.49. The molecule has 1 amide bonds. The average molecular weight is 264 g/mol. The minimum atomic E-state index is -1.10. The third kappa shape index (κ3) is 3.54. The molecule has 1 aromatic rings. The highest BCUT2D eigenvalue weighted by atomic mass is 16.4. The Kier molecular flexibility index (Phi) is 5.06. The lowest BCUT2D eigenvalue weighted by Crippen LogP contribution is -2.54. The Labute approximate surface area is 112 Å². The van der Waals surface area contributed by atoms with Gasteiger partial charge in [-0.3, -0.25) is 4.79 Å². The first-order valence-electron chi connectivity index (χ1n) is 6.32. The van der Waals surface area contributed by atoms with E-state index in [-0.39, 0.29) is 0 Å². The highest BCUT2D eigenvalue weighted by Crippen LogP contribution is 2.17. The summed E-state index contributed by atoms with van der Waals surface area (Å²) in [6.45, 7) is 3.61. The number of nitrogens with two attached hydrogens (primary N) is 1. The molecule has 0 fully saturated rings. The molecule has 0 heterocycles. The molecule has 0 unspecified atom stereocenters. The second-order valence-corrected chi connectivity index (χ2v) is 4.52. The third-order valence-corrected chi connectivity index (χ3v) is 3.37. The molecule has 0 aliphatic heterocycles. The number of carboxylic acid groups (broad SMARTS) is 1. The van der Waals surface area contributed by atoms with Crippen molar-refractivity contribution < 1.29 is 14.7 Å². The van der Waals surface area contributed by atoms with E-state index in [0.29, 0.717) is 18.4 Å². The second kappa shape index (κ2) is 6.33. The zero-order chi connectivity index (χ0) is 14.5. The number of aliphatic carboxylic acids is 1. The highest BCUT2D eigenvalue weighted by molar-refractivity contribution is 5.90. The van der Waals surface area contributed by atoms with Crippen LogP contribution in [-0.2, 0) is 9.59 Å². The van der Waals surface area contributed by atoms with Crippen LogP contribution in [0, 0.1) is 0 Å². The molecule has 0 bridgehead atoms. The van der Waals surface area contributed by atoms with Crippen molar-refractivity contribution in [2.75, 3.05) is 0 Å². The van der Waals surface area contributed by atoms with Crippen LogP contribution in [0.25, 0.3) is 0 Å². The van der Waals surface area contributed by atoms with Crippen molar-refractivity contribution in [2.45, 2.75) is 38.3 Å². The van der Waals surface area contributed by atoms with Crippen LogP contribution in [-0.4, -0.2) is 22.5 Å². The van der Waals surface area contributed by atoms with Gasteiger partial charge >= 0.3 is 5.97 Å². The average Bonchev–Trinajstić information content (AvgIpc) is 2.44. The van der Waals surface area contributed by atoms with Crippen LogP contribution in [0.5, 0.6) is 0 Å². The van der Waals surface area contributed by atoms with Crippen LogP contribution in [0.3, 0.4) is 0 Å². The third-order valence-electron chi connectivity index (χ3n) is 3.37. The molecule has 5 heteroatoms. The number of carbonyl (C=O) groups excluding carboxylic acids is 1. The van der Waals surface area contributed by atoms with E-state index in [4.69, 9.17) is 5.73 Å². The quantitative estimate of drug-likeness (QED) is 0.725. The van der Waals surface area contributed by atoms with Crippen LogP contribution >= 0.6 is 0 Å². The molecule has 1 atom stereocenters. The zero-order valence-corrected chi connectivity index (χ0v) is 11.2. The Balaban J connectivity index is 2.93. The summed E-state index contributed by atoms with van der Waals surface area (Å²) in [5.74, 6) is -1.54. The van der Waals surface area contributed by atoms with Gasteiger partial charge in [0.05, 0.1) is 5.54 Å². The zero-order valence-electron chi connectivity index (χ0n) is 11.2. The van der Waals surface area contributed by atoms with Crippen LogP contribution in [0.1, 0.15) is 38.3 Å². The Morgan fingerprint density at radius 2 is 1.79 bits per heavy atom. The summed E-state index contributed by atoms with van der Waals surface area (Å²) in [7, 11) is 0. The first-order chi connectivity index (χ1) is 8.94. The molecule has 4 N–H and O–H groups in total. The van der Waals surface area contributed by atoms with Crippen LogP contribution in [0.15, 0.2) is 30.3 Å². The van der Waals surface area contributed by atoms with Gasteiger partial charge in [0.2, 0.25) is 5.91 Å². The van der Waals surface area contributed by atoms with Gasteiger partial charge in [-0.15, -0.1) is 0 Å². The Hall–Kier alpha value is -1.88. The van der Waals surface area contributed by atoms with Crippen LogP contribution in [0.4, 0.5) is 0 Å². The normalized spacial score (nSPS) is 12.8. The van der Waals surface area contributed by atoms with Crippen LogP contribution < -0.4 is 11.1 Å². The van der Waals surface area contributed by atoms with Gasteiger partial charge in [0.15, 0.2) is 6.04 Å². The minimum Gasteiger partial charge on any atom is -0.479 e. The molecule has 0 aromatic heterocycles. The second-order valence-electron chi connectivity index (χ2n) is 4.52. The highest BCUT2D eigenvalue weighted by Gasteiger charge is 2.33. The van der Waals surface area contributed by atoms with E-state index in [1.165, 1.54) is 0 Å². The lowest BCUT2D eigenvalue weighted by molar-refractivity contribution is -0.143. The van der Waals surface area contributed by atoms with Gasteiger partial charge in [-0.25, -0.2) is 4.79 Å². The molecule has 0 radical (unpaired) electrons. The number of hydrogen-bond donors (Lipinski definition) is 3. The SMILES string of the molecule is CCC(N)(CC)C(=O)N[C@H](C(=O)O)c1ccccc1. The van der Waals surface area contributed by atoms with Crippen molar-refractivity contribution in [3.8, 4) is 0 Å². The fraction of sp³-hybridized carbons (Fsp3) is 0.429. The number of carboxylic acids is 1. The first-order valence-corrected chi connectivity index (χ1v) is 6.32. The number of amides is 1. The molecule has 104 valence electrons. The molecule has 0 aliphatic rings. The summed E-state index contributed by atoms with van der Waals surface area (Å²) in [6.07, 6.45) is 0.910. The van der Waals surface area contributed by atoms with Gasteiger partial charge in [0.1, 0.15) is 0 Å². The van der Waals surface area contributed by atoms with Gasteiger partial charge < -0.3 is 16.2 Å². The summed E-state index contributed by atoms with van der Waals surface area (Å²) in [5, 5.41) is 11.7. The molecule has 5 nitrogen and oxygen atoms in total. The number of carbonyl (C=O) groups is 2. The topological polar surface area (TPSA) is 92.4 Å². The Morgan fingerprint density at radius 1 is 1.26 bits per heavy atom. The van der Waals surface area contributed by atoms with Crippen molar-refractivity contribution in [1.29, 1.82) is 0 Å². The van der Waals surface area contributed by atoms with Crippen molar-refractivity contribution >= 4 is 11.9 Å². The van der Waals surface area contributed by atoms with Gasteiger partial charge in [0, 0.05) is 0 Å². The maximum atomic E-state index is 12.1. The Morgan fingerprint density at radius 3 is 2.21 bits per heavy atom. The van der Waals surface area contributed by atoms with E-state index >= 15 is 0 Å². The standard InChI is InChI=1S/C14H20N2O3/c1-3-14(15,4-2)13(19)16-11(12(17)18)10-8-6-5-7-9-10/h5-9,11H,3-4,15H2,1-2H3,(H,16,19)(H,17,18)/t11-/m0/s1. The lowest BCUT2D eigenvalue weighted by Gasteiger charge is -2.27. The van der Waals surface area contributed by atoms with E-state index in [9.17, 15) is 14.7 Å². The lowest BCUT2D eigenvalue weighted by atomic mass is 9.92. The monoisotopic (exact) mass is 264 g/mol. The fourth-order valence-corrected chi connectivity index (χ4v) is 1.78. The predicted molar refractivity (Wildman–Crippen MR) is 72.5 cm³/mol. The van der Waals surface area contributed by atoms with Gasteiger partial charge in [-0.1, -0.05) is 44.2 Å². The molecule has 0 saturated carbocycles. The maximum Gasteiger partial charge on any atom is 0.330 e. The Bertz CT molecular complexity index is 441. The summed E-state index contributed by atoms with van der Waals surface area (Å²) in [5.41, 5.74) is 5.46. The van der Waals surface area contributed by atoms with Gasteiger partial charge in [0.25, 0.3) is 0 Å². The van der Waals surface area contributed by atoms with E-state index in [1.54, 1.807) is 44.2 Å². The molecule has 0 saturated heterocycles. The summed E-state index contributed by atoms with van der Waals surface area (Å²) >= 11 is 0. The predicted octanol–water partition coefficient (Wildman–Crippen LogP) is 1.45. The van der Waals surface area contributed by atoms with Gasteiger partial charge in [-0.2, -0.15) is 0 Å². The van der Waals surface area contributed by atoms with Crippen LogP contribution in [0.2, 0.25) is 0 Å². The summed E-state index contributed by atoms with van der Waals surface area (Å²) < 4.78 is 0. The first kappa shape index (κ1) is 15.2. The molecule has 0 spiro atoms. The molecular weight excluding hydrogens is 244 g/mol. The van der Waals surface area contributed by atoms with Crippen molar-refractivity contribution in [1.82, 2.24) is 5.32 Å². The number of nitrogens with one attached hydrogen (secondary N) is 1. The largest absolute Gasteiger partial charge is 0.479 e. The minimum absolute atomic E-state index is 0.436. The molecular formula is C14H20N2O3. The fourth-order valence-electron chi connectivity index (χ4n) is 1.78. The van der Waals surface area contributed by atoms with Crippen molar-refractivity contribution in [3.05, 3.63) is 35.9 Å². The van der Waals surface area contributed by atoms with Gasteiger partial charge in [-0.05, 0) is 18.4 Å². The van der Waals surface area contributed by atoms with Crippen molar-refractivity contribution in [3.63, 3.8) is 0 Å². The molecule has 1 rings (SSSR count). The van der Waals surface area contributed by atoms with E-state index < -0.39 is 23.5 Å². The number of hydrogen-bond acceptors (Lipinski definition) is 3. The number of benzene rings is 1. The summed E-state index contributed by atoms with van der Waals surface area (Å²) in [4.78, 5) is 23.4. The van der Waals surface area contributed by atoms with E-state index in [2.05, 4.69) is 5.32 Å². The maximum absolute atomic E-state index is 12.1. The smallest absolute Gasteiger partial charge is 0.330 e. The molecule has 19 heavy (non-hydrogen) atoms. The van der Waals surface area contributed by atoms with E-state index in [1.807, 2.05) is 0 Å². The number of rotatable bonds is 6. The molecule has 1 aromatic carbocycles. The molecule has 0 aliphatic carbocycles. The van der Waals surface area contributed by atoms with E-state index in [0.717, 1.165) is 0 Å².